The number of nitrogens with zero attached hydrogens (tertiary/aromatic N) is 3. The molecule has 10 aromatic carbocycles. The molecule has 0 saturated heterocycles. The Kier molecular flexibility index (Phi) is 12.6. The van der Waals surface area contributed by atoms with Gasteiger partial charge in [0.2, 0.25) is 0 Å². The third kappa shape index (κ3) is 9.40. The van der Waals surface area contributed by atoms with Gasteiger partial charge in [-0.3, -0.25) is 14.8 Å². The molecule has 0 atom stereocenters. The number of pyridine rings is 2. The second-order valence-corrected chi connectivity index (χ2v) is 18.7. The van der Waals surface area contributed by atoms with Crippen LogP contribution in [0.3, 0.4) is 0 Å². The fraction of sp³-hybridized carbons (Fsp3) is 0. The number of nitrogens with two attached hydrogens (primary N) is 1. The van der Waals surface area contributed by atoms with Crippen LogP contribution in [0.2, 0.25) is 0 Å². The molecule has 13 rings (SSSR count). The number of thiol groups is 1. The number of anilines is 1. The predicted octanol–water partition coefficient (Wildman–Crippen LogP) is 17.1. The van der Waals surface area contributed by atoms with Gasteiger partial charge in [0.25, 0.3) is 0 Å². The maximum atomic E-state index is 11.7. The van der Waals surface area contributed by atoms with Crippen molar-refractivity contribution in [3.05, 3.63) is 249 Å². The summed E-state index contributed by atoms with van der Waals surface area (Å²) in [5.41, 5.74) is 17.9. The van der Waals surface area contributed by atoms with Crippen molar-refractivity contribution >= 4 is 89.2 Å². The maximum Gasteiger partial charge on any atom is 0.150 e. The third-order valence-corrected chi connectivity index (χ3v) is 14.1. The SMILES string of the molecule is Nc1ccccc1S.O=Cc1cc(-c2cccnc2)cc(-c2c3ccccc3cc3ccccc23)c1.c1cncc(-c2cc(-c3nc4ccccc4s3)cc(-c3c4ccccc4cc4ccccc34)c2)c1. The lowest BCUT2D eigenvalue weighted by molar-refractivity contribution is 0.112. The Morgan fingerprint density at radius 1 is 0.423 bits per heavy atom. The van der Waals surface area contributed by atoms with Gasteiger partial charge < -0.3 is 5.73 Å². The first-order chi connectivity index (χ1) is 35.0. The smallest absolute Gasteiger partial charge is 0.150 e. The number of para-hydroxylation sites is 2. The van der Waals surface area contributed by atoms with Crippen molar-refractivity contribution in [2.75, 3.05) is 5.73 Å². The molecular formula is C64H44N4OS2. The van der Waals surface area contributed by atoms with Crippen LogP contribution in [-0.2, 0) is 0 Å². The van der Waals surface area contributed by atoms with Crippen molar-refractivity contribution in [3.8, 4) is 55.1 Å². The fourth-order valence-electron chi connectivity index (χ4n) is 9.29. The molecule has 7 heteroatoms. The molecule has 13 aromatic rings. The molecule has 0 saturated carbocycles. The normalized spacial score (nSPS) is 11.0. The zero-order valence-corrected chi connectivity index (χ0v) is 40.1. The minimum Gasteiger partial charge on any atom is -0.398 e. The van der Waals surface area contributed by atoms with Crippen LogP contribution in [0.15, 0.2) is 248 Å². The molecule has 338 valence electrons. The van der Waals surface area contributed by atoms with Crippen LogP contribution in [0.25, 0.3) is 108 Å². The number of aromatic nitrogens is 3. The molecule has 0 aliphatic rings. The Balaban J connectivity index is 0.000000136. The maximum absolute atomic E-state index is 11.7. The molecule has 0 spiro atoms. The first-order valence-corrected chi connectivity index (χ1v) is 24.5. The summed E-state index contributed by atoms with van der Waals surface area (Å²) >= 11 is 5.81. The summed E-state index contributed by atoms with van der Waals surface area (Å²) in [6.45, 7) is 0. The standard InChI is InChI=1S/C32H20N2S.C26H17NO.C6H7NS/c1-3-11-27-21(8-1)16-22-9-2-4-12-28(22)31(27)25-17-24(23-10-7-15-33-20-23)18-26(19-25)32-34-29-13-5-6-14-30(29)35-32;28-17-18-12-22(21-8-5-11-27-16-21)15-23(13-18)26-24-9-3-1-6-19(24)14-20-7-2-4-10-25(20)26;7-5-3-1-2-4-6(5)8/h1-20H;1-17H;1-4,8H,7H2. The first-order valence-electron chi connectivity index (χ1n) is 23.2. The van der Waals surface area contributed by atoms with Crippen molar-refractivity contribution in [1.82, 2.24) is 15.0 Å². The third-order valence-electron chi connectivity index (χ3n) is 12.6. The number of carbonyl (C=O) groups is 1. The lowest BCUT2D eigenvalue weighted by Gasteiger charge is -2.15. The van der Waals surface area contributed by atoms with Crippen molar-refractivity contribution in [2.24, 2.45) is 0 Å². The number of nitrogen functional groups attached to an aromatic ring is 1. The second-order valence-electron chi connectivity index (χ2n) is 17.2. The number of benzene rings is 10. The highest BCUT2D eigenvalue weighted by atomic mass is 32.1. The summed E-state index contributed by atoms with van der Waals surface area (Å²) in [6, 6.07) is 75.4. The Morgan fingerprint density at radius 2 is 0.859 bits per heavy atom. The number of hydrogen-bond acceptors (Lipinski definition) is 7. The zero-order chi connectivity index (χ0) is 48.1. The summed E-state index contributed by atoms with van der Waals surface area (Å²) in [6.07, 6.45) is 8.25. The molecule has 2 N–H and O–H groups in total. The van der Waals surface area contributed by atoms with Gasteiger partial charge in [-0.2, -0.15) is 0 Å². The van der Waals surface area contributed by atoms with Crippen LogP contribution in [-0.4, -0.2) is 21.2 Å². The van der Waals surface area contributed by atoms with E-state index in [1.807, 2.05) is 79.3 Å². The number of thiazole rings is 1. The summed E-state index contributed by atoms with van der Waals surface area (Å²) in [5.74, 6) is 0. The van der Waals surface area contributed by atoms with Gasteiger partial charge in [-0.25, -0.2) is 4.98 Å². The highest BCUT2D eigenvalue weighted by Crippen LogP contribution is 2.42. The van der Waals surface area contributed by atoms with E-state index in [4.69, 9.17) is 10.7 Å². The monoisotopic (exact) mass is 948 g/mol. The van der Waals surface area contributed by atoms with Gasteiger partial charge in [0.05, 0.1) is 10.2 Å². The predicted molar refractivity (Wildman–Crippen MR) is 302 cm³/mol. The fourth-order valence-corrected chi connectivity index (χ4v) is 10.4. The molecular weight excluding hydrogens is 905 g/mol. The molecule has 0 amide bonds. The zero-order valence-electron chi connectivity index (χ0n) is 38.4. The van der Waals surface area contributed by atoms with Crippen molar-refractivity contribution < 1.29 is 4.79 Å². The minimum absolute atomic E-state index is 0.661. The van der Waals surface area contributed by atoms with Crippen LogP contribution in [0.4, 0.5) is 5.69 Å². The summed E-state index contributed by atoms with van der Waals surface area (Å²) in [7, 11) is 0. The summed E-state index contributed by atoms with van der Waals surface area (Å²) < 4.78 is 1.20. The van der Waals surface area contributed by atoms with E-state index in [1.165, 1.54) is 58.9 Å². The summed E-state index contributed by atoms with van der Waals surface area (Å²) in [5, 5.41) is 10.8. The van der Waals surface area contributed by atoms with Gasteiger partial charge in [0.1, 0.15) is 11.3 Å². The molecule has 0 aliphatic carbocycles. The van der Waals surface area contributed by atoms with Crippen molar-refractivity contribution in [2.45, 2.75) is 4.90 Å². The highest BCUT2D eigenvalue weighted by molar-refractivity contribution is 7.80. The molecule has 3 heterocycles. The van der Waals surface area contributed by atoms with E-state index >= 15 is 0 Å². The quantitative estimate of drug-likeness (QED) is 0.0751. The van der Waals surface area contributed by atoms with E-state index in [0.29, 0.717) is 5.56 Å². The minimum atomic E-state index is 0.661. The Hall–Kier alpha value is -8.75. The average Bonchev–Trinajstić information content (AvgIpc) is 3.88. The number of rotatable bonds is 6. The highest BCUT2D eigenvalue weighted by Gasteiger charge is 2.16. The number of fused-ring (bicyclic) bond motifs is 5. The van der Waals surface area contributed by atoms with Gasteiger partial charge in [-0.05, 0) is 161 Å². The molecule has 0 aliphatic heterocycles. The number of carbonyl (C=O) groups excluding carboxylic acids is 1. The first kappa shape index (κ1) is 44.7. The molecule has 0 fully saturated rings. The van der Waals surface area contributed by atoms with Crippen LogP contribution in [0, 0.1) is 0 Å². The van der Waals surface area contributed by atoms with Crippen molar-refractivity contribution in [1.29, 1.82) is 0 Å². The van der Waals surface area contributed by atoms with Gasteiger partial charge in [0.15, 0.2) is 0 Å². The van der Waals surface area contributed by atoms with Gasteiger partial charge >= 0.3 is 0 Å². The van der Waals surface area contributed by atoms with Crippen LogP contribution in [0.5, 0.6) is 0 Å². The topological polar surface area (TPSA) is 81.8 Å². The molecule has 0 radical (unpaired) electrons. The van der Waals surface area contributed by atoms with E-state index in [2.05, 4.69) is 180 Å². The summed E-state index contributed by atoms with van der Waals surface area (Å²) in [4.78, 5) is 26.1. The molecule has 0 unspecified atom stereocenters. The van der Waals surface area contributed by atoms with E-state index < -0.39 is 0 Å². The Labute approximate surface area is 421 Å². The number of hydrogen-bond donors (Lipinski definition) is 2. The largest absolute Gasteiger partial charge is 0.398 e. The lowest BCUT2D eigenvalue weighted by atomic mass is 9.89. The second kappa shape index (κ2) is 20.1. The lowest BCUT2D eigenvalue weighted by Crippen LogP contribution is -1.90. The van der Waals surface area contributed by atoms with E-state index in [0.717, 1.165) is 66.3 Å². The average molecular weight is 949 g/mol. The molecule has 3 aromatic heterocycles. The van der Waals surface area contributed by atoms with Crippen LogP contribution < -0.4 is 5.73 Å². The van der Waals surface area contributed by atoms with Gasteiger partial charge in [-0.15, -0.1) is 24.0 Å². The van der Waals surface area contributed by atoms with E-state index in [-0.39, 0.29) is 0 Å². The van der Waals surface area contributed by atoms with Gasteiger partial charge in [-0.1, -0.05) is 133 Å². The van der Waals surface area contributed by atoms with Crippen molar-refractivity contribution in [3.63, 3.8) is 0 Å². The van der Waals surface area contributed by atoms with Gasteiger partial charge in [0, 0.05) is 57.6 Å². The number of aldehydes is 1. The molecule has 0 bridgehead atoms. The molecule has 71 heavy (non-hydrogen) atoms. The van der Waals surface area contributed by atoms with Crippen LogP contribution >= 0.6 is 24.0 Å². The van der Waals surface area contributed by atoms with E-state index in [9.17, 15) is 4.79 Å². The Morgan fingerprint density at radius 3 is 1.34 bits per heavy atom. The molecule has 5 nitrogen and oxygen atoms in total. The Bertz CT molecular complexity index is 3900. The van der Waals surface area contributed by atoms with E-state index in [1.54, 1.807) is 17.5 Å². The van der Waals surface area contributed by atoms with Crippen LogP contribution in [0.1, 0.15) is 10.4 Å².